The number of carboxylic acids is 1. The monoisotopic (exact) mass is 218 g/mol. The Kier molecular flexibility index (Phi) is 2.91. The molecule has 16 heavy (non-hydrogen) atoms. The van der Waals surface area contributed by atoms with Gasteiger partial charge >= 0.3 is 5.97 Å². The second kappa shape index (κ2) is 4.53. The second-order valence-electron chi connectivity index (χ2n) is 3.21. The first-order chi connectivity index (χ1) is 7.75. The zero-order valence-electron chi connectivity index (χ0n) is 8.42. The number of carbonyl (C=O) groups is 1. The standard InChI is InChI=1S/C12H10O4/c13-12(14)9-6-11(15-7-9)8-16-10-4-2-1-3-5-10/h1-7H,8H2,(H,13,14). The molecule has 0 saturated carbocycles. The highest BCUT2D eigenvalue weighted by Gasteiger charge is 2.08. The summed E-state index contributed by atoms with van der Waals surface area (Å²) in [5.74, 6) is 0.201. The van der Waals surface area contributed by atoms with Crippen molar-refractivity contribution in [3.63, 3.8) is 0 Å². The van der Waals surface area contributed by atoms with Crippen LogP contribution in [-0.2, 0) is 6.61 Å². The van der Waals surface area contributed by atoms with Gasteiger partial charge < -0.3 is 14.3 Å². The summed E-state index contributed by atoms with van der Waals surface area (Å²) in [5.41, 5.74) is 0.131. The summed E-state index contributed by atoms with van der Waals surface area (Å²) < 4.78 is 10.4. The molecular weight excluding hydrogens is 208 g/mol. The Morgan fingerprint density at radius 2 is 2.06 bits per heavy atom. The van der Waals surface area contributed by atoms with E-state index in [0.29, 0.717) is 5.76 Å². The molecule has 1 aromatic heterocycles. The molecule has 82 valence electrons. The van der Waals surface area contributed by atoms with Crippen molar-refractivity contribution in [3.8, 4) is 5.75 Å². The largest absolute Gasteiger partial charge is 0.486 e. The van der Waals surface area contributed by atoms with Gasteiger partial charge in [-0.25, -0.2) is 4.79 Å². The lowest BCUT2D eigenvalue weighted by atomic mass is 10.3. The van der Waals surface area contributed by atoms with Crippen molar-refractivity contribution in [2.45, 2.75) is 6.61 Å². The fraction of sp³-hybridized carbons (Fsp3) is 0.0833. The second-order valence-corrected chi connectivity index (χ2v) is 3.21. The Labute approximate surface area is 92.1 Å². The fourth-order valence-electron chi connectivity index (χ4n) is 1.24. The normalized spacial score (nSPS) is 10.0. The molecule has 0 aliphatic rings. The van der Waals surface area contributed by atoms with Crippen molar-refractivity contribution in [3.05, 3.63) is 54.0 Å². The van der Waals surface area contributed by atoms with Crippen molar-refractivity contribution in [2.75, 3.05) is 0 Å². The van der Waals surface area contributed by atoms with E-state index in [1.165, 1.54) is 12.3 Å². The van der Waals surface area contributed by atoms with E-state index < -0.39 is 5.97 Å². The van der Waals surface area contributed by atoms with E-state index in [2.05, 4.69) is 0 Å². The van der Waals surface area contributed by atoms with E-state index in [4.69, 9.17) is 14.3 Å². The first kappa shape index (κ1) is 10.3. The molecule has 0 aliphatic carbocycles. The van der Waals surface area contributed by atoms with Crippen LogP contribution in [0.25, 0.3) is 0 Å². The van der Waals surface area contributed by atoms with E-state index in [1.807, 2.05) is 30.3 Å². The molecule has 0 fully saturated rings. The molecule has 2 aromatic rings. The minimum atomic E-state index is -1.00. The van der Waals surface area contributed by atoms with Crippen molar-refractivity contribution < 1.29 is 19.1 Å². The van der Waals surface area contributed by atoms with Crippen LogP contribution >= 0.6 is 0 Å². The summed E-state index contributed by atoms with van der Waals surface area (Å²) in [6, 6.07) is 10.7. The molecule has 0 unspecified atom stereocenters. The molecule has 0 aliphatic heterocycles. The molecular formula is C12H10O4. The molecule has 4 nitrogen and oxygen atoms in total. The van der Waals surface area contributed by atoms with Crippen molar-refractivity contribution >= 4 is 5.97 Å². The third-order valence-electron chi connectivity index (χ3n) is 2.03. The number of carboxylic acid groups (broad SMARTS) is 1. The van der Waals surface area contributed by atoms with E-state index >= 15 is 0 Å². The van der Waals surface area contributed by atoms with Crippen molar-refractivity contribution in [1.82, 2.24) is 0 Å². The number of furan rings is 1. The summed E-state index contributed by atoms with van der Waals surface area (Å²) >= 11 is 0. The summed E-state index contributed by atoms with van der Waals surface area (Å²) in [7, 11) is 0. The molecule has 1 aromatic carbocycles. The molecule has 0 amide bonds. The Morgan fingerprint density at radius 1 is 1.31 bits per heavy atom. The number of hydrogen-bond donors (Lipinski definition) is 1. The minimum absolute atomic E-state index is 0.131. The topological polar surface area (TPSA) is 59.7 Å². The van der Waals surface area contributed by atoms with Gasteiger partial charge in [-0.1, -0.05) is 18.2 Å². The van der Waals surface area contributed by atoms with Gasteiger partial charge in [0.1, 0.15) is 24.4 Å². The van der Waals surface area contributed by atoms with Gasteiger partial charge in [0.25, 0.3) is 0 Å². The molecule has 0 spiro atoms. The number of benzene rings is 1. The van der Waals surface area contributed by atoms with Crippen LogP contribution in [0.5, 0.6) is 5.75 Å². The lowest BCUT2D eigenvalue weighted by Gasteiger charge is -2.02. The molecule has 0 bridgehead atoms. The van der Waals surface area contributed by atoms with Crippen LogP contribution in [-0.4, -0.2) is 11.1 Å². The molecule has 4 heteroatoms. The predicted molar refractivity (Wildman–Crippen MR) is 56.4 cm³/mol. The number of ether oxygens (including phenoxy) is 1. The maximum Gasteiger partial charge on any atom is 0.338 e. The third-order valence-corrected chi connectivity index (χ3v) is 2.03. The van der Waals surface area contributed by atoms with Gasteiger partial charge in [-0.05, 0) is 18.2 Å². The third kappa shape index (κ3) is 2.42. The molecule has 2 rings (SSSR count). The zero-order chi connectivity index (χ0) is 11.4. The fourth-order valence-corrected chi connectivity index (χ4v) is 1.24. The van der Waals surface area contributed by atoms with Gasteiger partial charge in [-0.15, -0.1) is 0 Å². The van der Waals surface area contributed by atoms with Crippen LogP contribution in [0.15, 0.2) is 47.1 Å². The van der Waals surface area contributed by atoms with Gasteiger partial charge in [0.05, 0.1) is 5.56 Å². The smallest absolute Gasteiger partial charge is 0.338 e. The average molecular weight is 218 g/mol. The maximum atomic E-state index is 10.6. The molecule has 1 N–H and O–H groups in total. The Morgan fingerprint density at radius 3 is 2.69 bits per heavy atom. The van der Waals surface area contributed by atoms with Crippen LogP contribution in [0.4, 0.5) is 0 Å². The molecule has 0 atom stereocenters. The summed E-state index contributed by atoms with van der Waals surface area (Å²) in [6.45, 7) is 0.220. The Hall–Kier alpha value is -2.23. The van der Waals surface area contributed by atoms with Crippen LogP contribution in [0.1, 0.15) is 16.1 Å². The van der Waals surface area contributed by atoms with Gasteiger partial charge in [-0.3, -0.25) is 0 Å². The van der Waals surface area contributed by atoms with Gasteiger partial charge in [0.2, 0.25) is 0 Å². The van der Waals surface area contributed by atoms with Crippen LogP contribution in [0, 0.1) is 0 Å². The summed E-state index contributed by atoms with van der Waals surface area (Å²) in [5, 5.41) is 8.68. The molecule has 0 saturated heterocycles. The van der Waals surface area contributed by atoms with Crippen LogP contribution in [0.2, 0.25) is 0 Å². The van der Waals surface area contributed by atoms with Crippen LogP contribution in [0.3, 0.4) is 0 Å². The van der Waals surface area contributed by atoms with Gasteiger partial charge in [0, 0.05) is 0 Å². The van der Waals surface area contributed by atoms with E-state index in [0.717, 1.165) is 5.75 Å². The summed E-state index contributed by atoms with van der Waals surface area (Å²) in [4.78, 5) is 10.6. The predicted octanol–water partition coefficient (Wildman–Crippen LogP) is 2.56. The number of para-hydroxylation sites is 1. The van der Waals surface area contributed by atoms with Crippen LogP contribution < -0.4 is 4.74 Å². The van der Waals surface area contributed by atoms with Gasteiger partial charge in [0.15, 0.2) is 0 Å². The van der Waals surface area contributed by atoms with E-state index in [1.54, 1.807) is 0 Å². The van der Waals surface area contributed by atoms with Crippen molar-refractivity contribution in [2.24, 2.45) is 0 Å². The van der Waals surface area contributed by atoms with E-state index in [9.17, 15) is 4.79 Å². The number of rotatable bonds is 4. The Balaban J connectivity index is 1.97. The number of hydrogen-bond acceptors (Lipinski definition) is 3. The first-order valence-corrected chi connectivity index (χ1v) is 4.74. The first-order valence-electron chi connectivity index (χ1n) is 4.74. The Bertz CT molecular complexity index is 473. The molecule has 1 heterocycles. The van der Waals surface area contributed by atoms with Gasteiger partial charge in [-0.2, -0.15) is 0 Å². The average Bonchev–Trinajstić information content (AvgIpc) is 2.76. The SMILES string of the molecule is O=C(O)c1coc(COc2ccccc2)c1. The highest BCUT2D eigenvalue weighted by atomic mass is 16.5. The highest BCUT2D eigenvalue weighted by Crippen LogP contribution is 2.13. The highest BCUT2D eigenvalue weighted by molar-refractivity contribution is 5.87. The molecule has 0 radical (unpaired) electrons. The zero-order valence-corrected chi connectivity index (χ0v) is 8.42. The lowest BCUT2D eigenvalue weighted by molar-refractivity contribution is 0.0696. The minimum Gasteiger partial charge on any atom is -0.486 e. The lowest BCUT2D eigenvalue weighted by Crippen LogP contribution is -1.94. The summed E-state index contributed by atoms with van der Waals surface area (Å²) in [6.07, 6.45) is 1.20. The maximum absolute atomic E-state index is 10.6. The van der Waals surface area contributed by atoms with Crippen molar-refractivity contribution in [1.29, 1.82) is 0 Å². The van der Waals surface area contributed by atoms with E-state index in [-0.39, 0.29) is 12.2 Å². The quantitative estimate of drug-likeness (QED) is 0.856. The number of aromatic carboxylic acids is 1.